The van der Waals surface area contributed by atoms with E-state index in [0.717, 1.165) is 54.5 Å². The number of hydrogen-bond acceptors (Lipinski definition) is 4. The highest BCUT2D eigenvalue weighted by Crippen LogP contribution is 2.27. The fourth-order valence-corrected chi connectivity index (χ4v) is 3.04. The lowest BCUT2D eigenvalue weighted by Crippen LogP contribution is -2.17. The molecule has 132 valence electrons. The summed E-state index contributed by atoms with van der Waals surface area (Å²) in [6.07, 6.45) is 1.09. The van der Waals surface area contributed by atoms with Crippen LogP contribution in [0.25, 0.3) is 11.0 Å². The Morgan fingerprint density at radius 3 is 2.56 bits per heavy atom. The Bertz CT molecular complexity index is 842. The van der Waals surface area contributed by atoms with E-state index < -0.39 is 0 Å². The van der Waals surface area contributed by atoms with Crippen molar-refractivity contribution < 1.29 is 9.47 Å². The molecule has 0 aliphatic heterocycles. The van der Waals surface area contributed by atoms with Gasteiger partial charge in [-0.25, -0.2) is 4.98 Å². The van der Waals surface area contributed by atoms with Crippen molar-refractivity contribution in [2.75, 3.05) is 14.2 Å². The van der Waals surface area contributed by atoms with Crippen LogP contribution in [0.4, 0.5) is 0 Å². The van der Waals surface area contributed by atoms with Crippen LogP contribution < -0.4 is 14.8 Å². The van der Waals surface area contributed by atoms with Crippen molar-refractivity contribution >= 4 is 11.0 Å². The molecule has 3 aromatic rings. The molecule has 5 heteroatoms. The molecule has 0 aliphatic rings. The van der Waals surface area contributed by atoms with Crippen LogP contribution in [0.2, 0.25) is 0 Å². The van der Waals surface area contributed by atoms with Gasteiger partial charge in [-0.15, -0.1) is 0 Å². The fourth-order valence-electron chi connectivity index (χ4n) is 3.04. The normalized spacial score (nSPS) is 11.0. The molecule has 1 aromatic heterocycles. The van der Waals surface area contributed by atoms with Crippen molar-refractivity contribution in [3.8, 4) is 11.5 Å². The summed E-state index contributed by atoms with van der Waals surface area (Å²) >= 11 is 0. The largest absolute Gasteiger partial charge is 0.493 e. The van der Waals surface area contributed by atoms with Crippen LogP contribution in [0.1, 0.15) is 24.7 Å². The zero-order chi connectivity index (χ0) is 17.6. The molecule has 0 aliphatic carbocycles. The molecule has 0 saturated heterocycles. The number of para-hydroxylation sites is 2. The first-order valence-electron chi connectivity index (χ1n) is 8.62. The molecule has 0 saturated carbocycles. The monoisotopic (exact) mass is 339 g/mol. The summed E-state index contributed by atoms with van der Waals surface area (Å²) < 4.78 is 12.9. The molecular weight excluding hydrogens is 314 g/mol. The zero-order valence-corrected chi connectivity index (χ0v) is 15.1. The van der Waals surface area contributed by atoms with Gasteiger partial charge in [-0.1, -0.05) is 25.1 Å². The smallest absolute Gasteiger partial charge is 0.161 e. The van der Waals surface area contributed by atoms with E-state index in [-0.39, 0.29) is 0 Å². The summed E-state index contributed by atoms with van der Waals surface area (Å²) in [7, 11) is 3.30. The summed E-state index contributed by atoms with van der Waals surface area (Å²) in [6.45, 7) is 4.64. The Labute approximate surface area is 148 Å². The maximum atomic E-state index is 5.36. The van der Waals surface area contributed by atoms with Gasteiger partial charge in [0.25, 0.3) is 0 Å². The van der Waals surface area contributed by atoms with E-state index >= 15 is 0 Å². The first-order valence-corrected chi connectivity index (χ1v) is 8.62. The van der Waals surface area contributed by atoms with Gasteiger partial charge in [0, 0.05) is 13.1 Å². The van der Waals surface area contributed by atoms with Gasteiger partial charge in [0.05, 0.1) is 31.8 Å². The third-order valence-corrected chi connectivity index (χ3v) is 4.24. The number of benzene rings is 2. The Balaban J connectivity index is 1.72. The lowest BCUT2D eigenvalue weighted by Gasteiger charge is -2.11. The van der Waals surface area contributed by atoms with E-state index in [4.69, 9.17) is 14.5 Å². The first-order chi connectivity index (χ1) is 12.3. The van der Waals surface area contributed by atoms with Gasteiger partial charge in [0.15, 0.2) is 11.5 Å². The molecule has 0 fully saturated rings. The third kappa shape index (κ3) is 3.77. The van der Waals surface area contributed by atoms with Gasteiger partial charge >= 0.3 is 0 Å². The number of aromatic nitrogens is 2. The molecule has 0 amide bonds. The van der Waals surface area contributed by atoms with Crippen molar-refractivity contribution in [1.29, 1.82) is 0 Å². The molecule has 0 bridgehead atoms. The number of ether oxygens (including phenoxy) is 2. The van der Waals surface area contributed by atoms with Crippen LogP contribution >= 0.6 is 0 Å². The SMILES string of the molecule is CCCn1c(CNCc2ccc(OC)c(OC)c2)nc2ccccc21. The molecule has 25 heavy (non-hydrogen) atoms. The maximum absolute atomic E-state index is 5.36. The standard InChI is InChI=1S/C20H25N3O2/c1-4-11-23-17-8-6-5-7-16(17)22-20(23)14-21-13-15-9-10-18(24-2)19(12-15)25-3/h5-10,12,21H,4,11,13-14H2,1-3H3. The van der Waals surface area contributed by atoms with Crippen molar-refractivity contribution in [1.82, 2.24) is 14.9 Å². The van der Waals surface area contributed by atoms with Crippen LogP contribution in [0, 0.1) is 0 Å². The summed E-state index contributed by atoms with van der Waals surface area (Å²) in [6, 6.07) is 14.3. The second kappa shape index (κ2) is 8.03. The molecular formula is C20H25N3O2. The number of nitrogens with zero attached hydrogens (tertiary/aromatic N) is 2. The Morgan fingerprint density at radius 1 is 1.00 bits per heavy atom. The number of hydrogen-bond donors (Lipinski definition) is 1. The van der Waals surface area contributed by atoms with Crippen molar-refractivity contribution in [2.24, 2.45) is 0 Å². The molecule has 2 aromatic carbocycles. The molecule has 0 unspecified atom stereocenters. The molecule has 0 spiro atoms. The Kier molecular flexibility index (Phi) is 5.56. The predicted octanol–water partition coefficient (Wildman–Crippen LogP) is 3.75. The number of imidazole rings is 1. The van der Waals surface area contributed by atoms with E-state index in [0.29, 0.717) is 0 Å². The van der Waals surface area contributed by atoms with Gasteiger partial charge in [-0.05, 0) is 36.2 Å². The van der Waals surface area contributed by atoms with Gasteiger partial charge < -0.3 is 19.4 Å². The van der Waals surface area contributed by atoms with Gasteiger partial charge in [0.2, 0.25) is 0 Å². The topological polar surface area (TPSA) is 48.3 Å². The van der Waals surface area contributed by atoms with Crippen LogP contribution in [0.5, 0.6) is 11.5 Å². The van der Waals surface area contributed by atoms with Gasteiger partial charge in [0.1, 0.15) is 5.82 Å². The molecule has 5 nitrogen and oxygen atoms in total. The summed E-state index contributed by atoms with van der Waals surface area (Å²) in [5.74, 6) is 2.57. The molecule has 0 radical (unpaired) electrons. The number of aryl methyl sites for hydroxylation is 1. The second-order valence-corrected chi connectivity index (χ2v) is 5.96. The Hall–Kier alpha value is -2.53. The first kappa shape index (κ1) is 17.3. The van der Waals surface area contributed by atoms with Crippen molar-refractivity contribution in [3.05, 3.63) is 53.9 Å². The van der Waals surface area contributed by atoms with Crippen LogP contribution in [-0.4, -0.2) is 23.8 Å². The number of methoxy groups -OCH3 is 2. The highest BCUT2D eigenvalue weighted by Gasteiger charge is 2.10. The van der Waals surface area contributed by atoms with E-state index in [2.05, 4.69) is 35.0 Å². The zero-order valence-electron chi connectivity index (χ0n) is 15.1. The van der Waals surface area contributed by atoms with Crippen molar-refractivity contribution in [3.63, 3.8) is 0 Å². The van der Waals surface area contributed by atoms with E-state index in [1.54, 1.807) is 14.2 Å². The Morgan fingerprint density at radius 2 is 1.80 bits per heavy atom. The molecule has 3 rings (SSSR count). The molecule has 0 atom stereocenters. The predicted molar refractivity (Wildman–Crippen MR) is 100 cm³/mol. The summed E-state index contributed by atoms with van der Waals surface area (Å²) in [5.41, 5.74) is 3.40. The van der Waals surface area contributed by atoms with Crippen LogP contribution in [0.15, 0.2) is 42.5 Å². The minimum absolute atomic E-state index is 0.725. The van der Waals surface area contributed by atoms with E-state index in [1.807, 2.05) is 24.3 Å². The number of nitrogens with one attached hydrogen (secondary N) is 1. The fraction of sp³-hybridized carbons (Fsp3) is 0.350. The van der Waals surface area contributed by atoms with Gasteiger partial charge in [-0.3, -0.25) is 0 Å². The highest BCUT2D eigenvalue weighted by atomic mass is 16.5. The minimum atomic E-state index is 0.725. The number of fused-ring (bicyclic) bond motifs is 1. The molecule has 1 N–H and O–H groups in total. The van der Waals surface area contributed by atoms with Crippen LogP contribution in [0.3, 0.4) is 0 Å². The van der Waals surface area contributed by atoms with Gasteiger partial charge in [-0.2, -0.15) is 0 Å². The van der Waals surface area contributed by atoms with E-state index in [9.17, 15) is 0 Å². The average molecular weight is 339 g/mol. The lowest BCUT2D eigenvalue weighted by molar-refractivity contribution is 0.354. The lowest BCUT2D eigenvalue weighted by atomic mass is 10.2. The highest BCUT2D eigenvalue weighted by molar-refractivity contribution is 5.75. The third-order valence-electron chi connectivity index (χ3n) is 4.24. The average Bonchev–Trinajstić information content (AvgIpc) is 2.99. The minimum Gasteiger partial charge on any atom is -0.493 e. The molecule has 1 heterocycles. The summed E-state index contributed by atoms with van der Waals surface area (Å²) in [4.78, 5) is 4.78. The van der Waals surface area contributed by atoms with Crippen molar-refractivity contribution in [2.45, 2.75) is 33.0 Å². The quantitative estimate of drug-likeness (QED) is 0.679. The second-order valence-electron chi connectivity index (χ2n) is 5.96. The maximum Gasteiger partial charge on any atom is 0.161 e. The number of rotatable bonds is 8. The van der Waals surface area contributed by atoms with Crippen LogP contribution in [-0.2, 0) is 19.6 Å². The summed E-state index contributed by atoms with van der Waals surface area (Å²) in [5, 5.41) is 3.49. The van der Waals surface area contributed by atoms with E-state index in [1.165, 1.54) is 5.52 Å².